The Morgan fingerprint density at radius 2 is 1.95 bits per heavy atom. The van der Waals surface area contributed by atoms with Crippen LogP contribution in [0.15, 0.2) is 5.10 Å². The minimum atomic E-state index is 0.0647. The third-order valence-electron chi connectivity index (χ3n) is 3.70. The Labute approximate surface area is 117 Å². The van der Waals surface area contributed by atoms with Gasteiger partial charge in [-0.25, -0.2) is 5.43 Å². The van der Waals surface area contributed by atoms with Gasteiger partial charge in [0.15, 0.2) is 0 Å². The molecule has 0 atom stereocenters. The second kappa shape index (κ2) is 9.08. The first kappa shape index (κ1) is 16.2. The van der Waals surface area contributed by atoms with E-state index < -0.39 is 0 Å². The van der Waals surface area contributed by atoms with E-state index in [1.807, 2.05) is 0 Å². The van der Waals surface area contributed by atoms with Crippen molar-refractivity contribution in [1.29, 1.82) is 0 Å². The highest BCUT2D eigenvalue weighted by molar-refractivity contribution is 5.87. The van der Waals surface area contributed by atoms with E-state index >= 15 is 0 Å². The molecule has 0 unspecified atom stereocenters. The summed E-state index contributed by atoms with van der Waals surface area (Å²) in [5, 5.41) is 4.27. The van der Waals surface area contributed by atoms with Gasteiger partial charge in [-0.1, -0.05) is 26.2 Å². The third kappa shape index (κ3) is 6.71. The fourth-order valence-corrected chi connectivity index (χ4v) is 2.32. The molecule has 0 aromatic carbocycles. The first-order valence-corrected chi connectivity index (χ1v) is 7.71. The van der Waals surface area contributed by atoms with Gasteiger partial charge in [-0.15, -0.1) is 0 Å². The van der Waals surface area contributed by atoms with Gasteiger partial charge in [-0.05, 0) is 20.3 Å². The molecule has 1 aliphatic rings. The Hall–Kier alpha value is -0.900. The largest absolute Gasteiger partial charge is 0.300 e. The van der Waals surface area contributed by atoms with Gasteiger partial charge in [0.25, 0.3) is 0 Å². The number of likely N-dealkylation sites (tertiary alicyclic amines) is 1. The zero-order chi connectivity index (χ0) is 14.1. The smallest absolute Gasteiger partial charge is 0.240 e. The molecule has 1 N–H and O–H groups in total. The molecule has 0 radical (unpaired) electrons. The summed E-state index contributed by atoms with van der Waals surface area (Å²) < 4.78 is 0. The molecule has 0 spiro atoms. The van der Waals surface area contributed by atoms with E-state index in [2.05, 4.69) is 36.2 Å². The molecular formula is C15H29N3O. The Morgan fingerprint density at radius 1 is 1.26 bits per heavy atom. The maximum atomic E-state index is 11.6. The van der Waals surface area contributed by atoms with Gasteiger partial charge >= 0.3 is 0 Å². The first-order chi connectivity index (χ1) is 9.13. The minimum absolute atomic E-state index is 0.0647. The van der Waals surface area contributed by atoms with Crippen molar-refractivity contribution < 1.29 is 4.79 Å². The lowest BCUT2D eigenvalue weighted by molar-refractivity contribution is -0.121. The van der Waals surface area contributed by atoms with Gasteiger partial charge in [-0.2, -0.15) is 5.10 Å². The zero-order valence-electron chi connectivity index (χ0n) is 12.7. The van der Waals surface area contributed by atoms with E-state index in [1.54, 1.807) is 0 Å². The summed E-state index contributed by atoms with van der Waals surface area (Å²) in [7, 11) is 0. The van der Waals surface area contributed by atoms with E-state index in [0.717, 1.165) is 44.5 Å². The van der Waals surface area contributed by atoms with Crippen LogP contribution in [-0.4, -0.2) is 35.7 Å². The van der Waals surface area contributed by atoms with Crippen LogP contribution >= 0.6 is 0 Å². The zero-order valence-corrected chi connectivity index (χ0v) is 12.7. The van der Waals surface area contributed by atoms with E-state index in [4.69, 9.17) is 0 Å². The average molecular weight is 267 g/mol. The summed E-state index contributed by atoms with van der Waals surface area (Å²) >= 11 is 0. The van der Waals surface area contributed by atoms with E-state index in [1.165, 1.54) is 12.8 Å². The van der Waals surface area contributed by atoms with Gasteiger partial charge < -0.3 is 4.90 Å². The fourth-order valence-electron chi connectivity index (χ4n) is 2.32. The normalized spacial score (nSPS) is 16.7. The van der Waals surface area contributed by atoms with Crippen molar-refractivity contribution in [2.24, 2.45) is 5.10 Å². The molecular weight excluding hydrogens is 238 g/mol. The van der Waals surface area contributed by atoms with Crippen LogP contribution in [0.3, 0.4) is 0 Å². The molecule has 4 heteroatoms. The fraction of sp³-hybridized carbons (Fsp3) is 0.867. The number of amides is 1. The number of rotatable bonds is 7. The number of carbonyl (C=O) groups excluding carboxylic acids is 1. The minimum Gasteiger partial charge on any atom is -0.300 e. The molecule has 1 rings (SSSR count). The molecule has 4 nitrogen and oxygen atoms in total. The van der Waals surface area contributed by atoms with Gasteiger partial charge in [0, 0.05) is 44.1 Å². The number of nitrogens with one attached hydrogen (secondary N) is 1. The van der Waals surface area contributed by atoms with Crippen LogP contribution in [0.5, 0.6) is 0 Å². The molecule has 1 saturated heterocycles. The number of unbranched alkanes of at least 4 members (excludes halogenated alkanes) is 3. The van der Waals surface area contributed by atoms with Crippen LogP contribution in [-0.2, 0) is 4.79 Å². The molecule has 110 valence electrons. The summed E-state index contributed by atoms with van der Waals surface area (Å²) in [4.78, 5) is 14.0. The van der Waals surface area contributed by atoms with Crippen LogP contribution in [0.25, 0.3) is 0 Å². The van der Waals surface area contributed by atoms with Gasteiger partial charge in [-0.3, -0.25) is 4.79 Å². The summed E-state index contributed by atoms with van der Waals surface area (Å²) in [6, 6.07) is 0.606. The monoisotopic (exact) mass is 267 g/mol. The molecule has 0 aliphatic carbocycles. The Kier molecular flexibility index (Phi) is 7.72. The highest BCUT2D eigenvalue weighted by Crippen LogP contribution is 2.10. The van der Waals surface area contributed by atoms with Gasteiger partial charge in [0.1, 0.15) is 0 Å². The Morgan fingerprint density at radius 3 is 2.53 bits per heavy atom. The molecule has 1 fully saturated rings. The number of nitrogens with zero attached hydrogens (tertiary/aromatic N) is 2. The lowest BCUT2D eigenvalue weighted by Crippen LogP contribution is -2.39. The maximum Gasteiger partial charge on any atom is 0.240 e. The Bertz CT molecular complexity index is 290. The van der Waals surface area contributed by atoms with E-state index in [9.17, 15) is 4.79 Å². The summed E-state index contributed by atoms with van der Waals surface area (Å²) in [6.45, 7) is 8.74. The van der Waals surface area contributed by atoms with Crippen molar-refractivity contribution in [2.75, 3.05) is 13.1 Å². The molecule has 1 amide bonds. The van der Waals surface area contributed by atoms with Crippen molar-refractivity contribution in [1.82, 2.24) is 10.3 Å². The second-order valence-electron chi connectivity index (χ2n) is 5.65. The van der Waals surface area contributed by atoms with Crippen LogP contribution in [0.1, 0.15) is 65.7 Å². The third-order valence-corrected chi connectivity index (χ3v) is 3.70. The first-order valence-electron chi connectivity index (χ1n) is 7.71. The molecule has 1 heterocycles. The quantitative estimate of drug-likeness (QED) is 0.569. The topological polar surface area (TPSA) is 44.7 Å². The summed E-state index contributed by atoms with van der Waals surface area (Å²) in [6.07, 6.45) is 7.11. The van der Waals surface area contributed by atoms with Crippen LogP contribution in [0.4, 0.5) is 0 Å². The Balaban J connectivity index is 2.17. The number of hydrogen-bond acceptors (Lipinski definition) is 3. The van der Waals surface area contributed by atoms with Crippen LogP contribution < -0.4 is 5.43 Å². The van der Waals surface area contributed by atoms with Crippen molar-refractivity contribution in [3.05, 3.63) is 0 Å². The predicted molar refractivity (Wildman–Crippen MR) is 80.3 cm³/mol. The lowest BCUT2D eigenvalue weighted by Gasteiger charge is -2.30. The molecule has 0 aromatic heterocycles. The molecule has 0 bridgehead atoms. The van der Waals surface area contributed by atoms with Crippen molar-refractivity contribution in [3.8, 4) is 0 Å². The van der Waals surface area contributed by atoms with Crippen LogP contribution in [0, 0.1) is 0 Å². The SMILES string of the molecule is CCCCCCC(=O)NN=C1CCN(C(C)C)CC1. The van der Waals surface area contributed by atoms with Crippen molar-refractivity contribution >= 4 is 11.6 Å². The average Bonchev–Trinajstić information content (AvgIpc) is 2.42. The van der Waals surface area contributed by atoms with E-state index in [0.29, 0.717) is 12.5 Å². The standard InChI is InChI=1S/C15H29N3O/c1-4-5-6-7-8-15(19)17-16-14-9-11-18(12-10-14)13(2)3/h13H,4-12H2,1-3H3,(H,17,19). The number of carbonyl (C=O) groups is 1. The molecule has 1 aliphatic heterocycles. The van der Waals surface area contributed by atoms with Crippen LogP contribution in [0.2, 0.25) is 0 Å². The molecule has 0 saturated carbocycles. The summed E-state index contributed by atoms with van der Waals surface area (Å²) in [5.74, 6) is 0.0647. The second-order valence-corrected chi connectivity index (χ2v) is 5.65. The van der Waals surface area contributed by atoms with E-state index in [-0.39, 0.29) is 5.91 Å². The molecule has 0 aromatic rings. The number of hydrogen-bond donors (Lipinski definition) is 1. The summed E-state index contributed by atoms with van der Waals surface area (Å²) in [5.41, 5.74) is 3.84. The number of hydrazone groups is 1. The number of piperidine rings is 1. The van der Waals surface area contributed by atoms with Gasteiger partial charge in [0.2, 0.25) is 5.91 Å². The predicted octanol–water partition coefficient (Wildman–Crippen LogP) is 2.93. The van der Waals surface area contributed by atoms with Gasteiger partial charge in [0.05, 0.1) is 0 Å². The van der Waals surface area contributed by atoms with Crippen molar-refractivity contribution in [3.63, 3.8) is 0 Å². The highest BCUT2D eigenvalue weighted by atomic mass is 16.2. The molecule has 19 heavy (non-hydrogen) atoms. The highest BCUT2D eigenvalue weighted by Gasteiger charge is 2.17. The van der Waals surface area contributed by atoms with Crippen molar-refractivity contribution in [2.45, 2.75) is 71.8 Å². The maximum absolute atomic E-state index is 11.6. The lowest BCUT2D eigenvalue weighted by atomic mass is 10.1.